The molecule has 0 fully saturated rings. The van der Waals surface area contributed by atoms with Gasteiger partial charge in [0.1, 0.15) is 6.61 Å². The molecule has 0 bridgehead atoms. The van der Waals surface area contributed by atoms with Crippen LogP contribution in [0.4, 0.5) is 39.5 Å². The van der Waals surface area contributed by atoms with Crippen LogP contribution < -0.4 is 0 Å². The highest BCUT2D eigenvalue weighted by atomic mass is 19.4. The molecule has 0 aromatic carbocycles. The van der Waals surface area contributed by atoms with E-state index in [1.165, 1.54) is 7.11 Å². The Morgan fingerprint density at radius 3 is 1.36 bits per heavy atom. The van der Waals surface area contributed by atoms with E-state index in [4.69, 9.17) is 9.47 Å². The fraction of sp³-hybridized carbons (Fsp3) is 1.00. The van der Waals surface area contributed by atoms with Gasteiger partial charge in [0.2, 0.25) is 0 Å². The third-order valence-corrected chi connectivity index (χ3v) is 2.67. The van der Waals surface area contributed by atoms with Gasteiger partial charge in [-0.25, -0.2) is 0 Å². The lowest BCUT2D eigenvalue weighted by Gasteiger charge is -2.33. The molecule has 25 heavy (non-hydrogen) atoms. The predicted octanol–water partition coefficient (Wildman–Crippen LogP) is 3.15. The highest BCUT2D eigenvalue weighted by molar-refractivity contribution is 5.00. The summed E-state index contributed by atoms with van der Waals surface area (Å²) in [5, 5.41) is 0. The minimum absolute atomic E-state index is 0.00816. The summed E-state index contributed by atoms with van der Waals surface area (Å²) in [6, 6.07) is 0. The van der Waals surface area contributed by atoms with E-state index in [-0.39, 0.29) is 26.4 Å². The van der Waals surface area contributed by atoms with Crippen LogP contribution >= 0.6 is 0 Å². The Bertz CT molecular complexity index is 374. The average Bonchev–Trinajstić information content (AvgIpc) is 2.47. The van der Waals surface area contributed by atoms with Crippen LogP contribution in [-0.2, 0) is 18.9 Å². The van der Waals surface area contributed by atoms with Crippen LogP contribution in [0.15, 0.2) is 0 Å². The van der Waals surface area contributed by atoms with Gasteiger partial charge in [-0.1, -0.05) is 0 Å². The van der Waals surface area contributed by atoms with E-state index in [1.54, 1.807) is 0 Å². The number of rotatable bonds is 13. The van der Waals surface area contributed by atoms with Crippen LogP contribution in [-0.4, -0.2) is 77.3 Å². The van der Waals surface area contributed by atoms with Crippen LogP contribution in [0.25, 0.3) is 0 Å². The summed E-state index contributed by atoms with van der Waals surface area (Å²) in [6.45, 7) is -2.74. The van der Waals surface area contributed by atoms with E-state index in [2.05, 4.69) is 9.47 Å². The Morgan fingerprint density at radius 2 is 0.960 bits per heavy atom. The highest BCUT2D eigenvalue weighted by Gasteiger charge is 2.81. The van der Waals surface area contributed by atoms with E-state index in [0.717, 1.165) is 0 Å². The van der Waals surface area contributed by atoms with Crippen LogP contribution in [0.3, 0.4) is 0 Å². The Morgan fingerprint density at radius 1 is 0.560 bits per heavy atom. The predicted molar refractivity (Wildman–Crippen MR) is 65.2 cm³/mol. The van der Waals surface area contributed by atoms with Gasteiger partial charge in [-0.05, 0) is 0 Å². The van der Waals surface area contributed by atoms with Crippen molar-refractivity contribution in [2.24, 2.45) is 0 Å². The molecule has 0 rings (SSSR count). The Kier molecular flexibility index (Phi) is 9.47. The molecule has 152 valence electrons. The van der Waals surface area contributed by atoms with Gasteiger partial charge in [-0.2, -0.15) is 39.5 Å². The Hall–Kier alpha value is -0.790. The summed E-state index contributed by atoms with van der Waals surface area (Å²) in [5.74, 6) is -19.3. The first-order valence-corrected chi connectivity index (χ1v) is 6.73. The third kappa shape index (κ3) is 6.79. The maximum atomic E-state index is 13.0. The molecule has 0 saturated heterocycles. The van der Waals surface area contributed by atoms with E-state index >= 15 is 0 Å². The molecule has 0 amide bonds. The SMILES string of the molecule is COCCOCCOCCOCC(F)(F)C(F)(F)C(F)(F)C(F)(F)F. The number of hydrogen-bond donors (Lipinski definition) is 0. The second-order valence-electron chi connectivity index (χ2n) is 4.62. The fourth-order valence-electron chi connectivity index (χ4n) is 1.28. The Balaban J connectivity index is 4.20. The number of hydrogen-bond acceptors (Lipinski definition) is 4. The Labute approximate surface area is 137 Å². The van der Waals surface area contributed by atoms with Crippen LogP contribution in [0.1, 0.15) is 0 Å². The van der Waals surface area contributed by atoms with Gasteiger partial charge in [0.05, 0.1) is 39.6 Å². The first kappa shape index (κ1) is 24.2. The monoisotopic (exact) mass is 396 g/mol. The molecule has 0 aromatic heterocycles. The van der Waals surface area contributed by atoms with Gasteiger partial charge in [0.25, 0.3) is 0 Å². The molecule has 0 unspecified atom stereocenters. The molecular weight excluding hydrogens is 379 g/mol. The van der Waals surface area contributed by atoms with Crippen molar-refractivity contribution >= 4 is 0 Å². The maximum absolute atomic E-state index is 13.0. The summed E-state index contributed by atoms with van der Waals surface area (Å²) in [4.78, 5) is 0. The number of ether oxygens (including phenoxy) is 4. The lowest BCUT2D eigenvalue weighted by atomic mass is 10.0. The molecule has 13 heteroatoms. The molecule has 0 aliphatic heterocycles. The van der Waals surface area contributed by atoms with Crippen molar-refractivity contribution in [3.05, 3.63) is 0 Å². The van der Waals surface area contributed by atoms with Crippen molar-refractivity contribution in [1.29, 1.82) is 0 Å². The lowest BCUT2D eigenvalue weighted by Crippen LogP contribution is -2.62. The van der Waals surface area contributed by atoms with Crippen molar-refractivity contribution in [2.45, 2.75) is 23.9 Å². The first-order valence-electron chi connectivity index (χ1n) is 6.73. The van der Waals surface area contributed by atoms with Gasteiger partial charge >= 0.3 is 23.9 Å². The number of halogens is 9. The molecule has 0 N–H and O–H groups in total. The normalized spacial score (nSPS) is 14.2. The van der Waals surface area contributed by atoms with E-state index in [0.29, 0.717) is 6.61 Å². The highest BCUT2D eigenvalue weighted by Crippen LogP contribution is 2.52. The zero-order chi connectivity index (χ0) is 19.8. The van der Waals surface area contributed by atoms with Gasteiger partial charge < -0.3 is 18.9 Å². The summed E-state index contributed by atoms with van der Waals surface area (Å²) >= 11 is 0. The fourth-order valence-corrected chi connectivity index (χ4v) is 1.28. The van der Waals surface area contributed by atoms with Crippen molar-refractivity contribution in [3.8, 4) is 0 Å². The minimum Gasteiger partial charge on any atom is -0.382 e. The molecule has 0 radical (unpaired) electrons. The van der Waals surface area contributed by atoms with E-state index in [1.807, 2.05) is 0 Å². The second kappa shape index (κ2) is 9.78. The molecule has 4 nitrogen and oxygen atoms in total. The van der Waals surface area contributed by atoms with Crippen molar-refractivity contribution in [3.63, 3.8) is 0 Å². The number of alkyl halides is 9. The van der Waals surface area contributed by atoms with Crippen molar-refractivity contribution in [2.75, 3.05) is 53.4 Å². The molecular formula is C12H17F9O4. The maximum Gasteiger partial charge on any atom is 0.460 e. The average molecular weight is 396 g/mol. The summed E-state index contributed by atoms with van der Waals surface area (Å²) in [5.41, 5.74) is 0. The molecule has 0 aliphatic carbocycles. The zero-order valence-electron chi connectivity index (χ0n) is 13.0. The van der Waals surface area contributed by atoms with Gasteiger partial charge in [0, 0.05) is 7.11 Å². The quantitative estimate of drug-likeness (QED) is 0.354. The third-order valence-electron chi connectivity index (χ3n) is 2.67. The van der Waals surface area contributed by atoms with Crippen LogP contribution in [0.2, 0.25) is 0 Å². The molecule has 0 aliphatic rings. The zero-order valence-corrected chi connectivity index (χ0v) is 13.0. The molecule has 0 atom stereocenters. The smallest absolute Gasteiger partial charge is 0.382 e. The van der Waals surface area contributed by atoms with Crippen LogP contribution in [0, 0.1) is 0 Å². The van der Waals surface area contributed by atoms with E-state index in [9.17, 15) is 39.5 Å². The van der Waals surface area contributed by atoms with Crippen molar-refractivity contribution < 1.29 is 58.5 Å². The molecule has 0 saturated carbocycles. The van der Waals surface area contributed by atoms with Crippen LogP contribution in [0.5, 0.6) is 0 Å². The molecule has 0 aromatic rings. The molecule has 0 heterocycles. The summed E-state index contributed by atoms with van der Waals surface area (Å²) in [6.07, 6.45) is -6.84. The summed E-state index contributed by atoms with van der Waals surface area (Å²) < 4.78 is 131. The van der Waals surface area contributed by atoms with Crippen molar-refractivity contribution in [1.82, 2.24) is 0 Å². The number of methoxy groups -OCH3 is 1. The lowest BCUT2D eigenvalue weighted by molar-refractivity contribution is -0.399. The largest absolute Gasteiger partial charge is 0.460 e. The van der Waals surface area contributed by atoms with Gasteiger partial charge in [-0.3, -0.25) is 0 Å². The minimum atomic E-state index is -6.91. The van der Waals surface area contributed by atoms with Gasteiger partial charge in [0.15, 0.2) is 0 Å². The first-order chi connectivity index (χ1) is 11.3. The summed E-state index contributed by atoms with van der Waals surface area (Å²) in [7, 11) is 1.45. The van der Waals surface area contributed by atoms with Gasteiger partial charge in [-0.15, -0.1) is 0 Å². The second-order valence-corrected chi connectivity index (χ2v) is 4.62. The molecule has 0 spiro atoms. The van der Waals surface area contributed by atoms with E-state index < -0.39 is 37.2 Å². The standard InChI is InChI=1S/C12H17F9O4/c1-22-2-3-23-4-5-24-6-7-25-8-9(13,14)10(15,16)11(17,18)12(19,20)21/h2-8H2,1H3. The topological polar surface area (TPSA) is 36.9 Å².